The van der Waals surface area contributed by atoms with Crippen LogP contribution in [0.25, 0.3) is 17.3 Å². The first-order chi connectivity index (χ1) is 9.11. The number of aromatic nitrogens is 2. The van der Waals surface area contributed by atoms with Gasteiger partial charge in [0.2, 0.25) is 0 Å². The van der Waals surface area contributed by atoms with Crippen LogP contribution in [0.15, 0.2) is 36.5 Å². The summed E-state index contributed by atoms with van der Waals surface area (Å²) in [7, 11) is 3.43. The third kappa shape index (κ3) is 2.82. The lowest BCUT2D eigenvalue weighted by atomic mass is 10.1. The number of hydrogen-bond acceptors (Lipinski definition) is 3. The van der Waals surface area contributed by atoms with Gasteiger partial charge in [0.25, 0.3) is 0 Å². The minimum absolute atomic E-state index is 0.759. The van der Waals surface area contributed by atoms with Gasteiger partial charge in [-0.15, -0.1) is 0 Å². The van der Waals surface area contributed by atoms with Crippen LogP contribution >= 0.6 is 0 Å². The Hall–Kier alpha value is -2.56. The minimum Gasteiger partial charge on any atom is -0.497 e. The maximum absolute atomic E-state index is 10.6. The number of ether oxygens (including phenoxy) is 1. The van der Waals surface area contributed by atoms with Crippen LogP contribution in [0.3, 0.4) is 0 Å². The van der Waals surface area contributed by atoms with Crippen LogP contribution in [-0.2, 0) is 11.8 Å². The molecule has 0 radical (unpaired) electrons. The Kier molecular flexibility index (Phi) is 3.66. The molecule has 0 aliphatic carbocycles. The molecule has 2 aromatic rings. The Morgan fingerprint density at radius 1 is 1.37 bits per heavy atom. The fraction of sp³-hybridized carbons (Fsp3) is 0.143. The maximum Gasteiger partial charge on any atom is 0.328 e. The normalized spacial score (nSPS) is 10.8. The fourth-order valence-corrected chi connectivity index (χ4v) is 1.84. The second-order valence-corrected chi connectivity index (χ2v) is 3.97. The number of carboxylic acid groups (broad SMARTS) is 1. The summed E-state index contributed by atoms with van der Waals surface area (Å²) < 4.78 is 6.82. The first kappa shape index (κ1) is 12.9. The molecule has 98 valence electrons. The highest BCUT2D eigenvalue weighted by Crippen LogP contribution is 2.26. The molecule has 0 saturated carbocycles. The first-order valence-corrected chi connectivity index (χ1v) is 5.69. The summed E-state index contributed by atoms with van der Waals surface area (Å²) in [5.74, 6) is -0.210. The van der Waals surface area contributed by atoms with Crippen molar-refractivity contribution in [1.29, 1.82) is 0 Å². The molecule has 0 atom stereocenters. The zero-order chi connectivity index (χ0) is 13.8. The molecule has 0 unspecified atom stereocenters. The molecule has 0 aliphatic rings. The third-order valence-electron chi connectivity index (χ3n) is 2.74. The standard InChI is InChI=1S/C14H14N2O3/c1-16-14(10-3-6-12(19-2)7-4-10)11(9-15-16)5-8-13(17)18/h3-9H,1-2H3,(H,17,18)/b8-5-. The van der Waals surface area contributed by atoms with Crippen LogP contribution in [0.5, 0.6) is 5.75 Å². The van der Waals surface area contributed by atoms with Gasteiger partial charge in [-0.25, -0.2) is 4.79 Å². The monoisotopic (exact) mass is 258 g/mol. The van der Waals surface area contributed by atoms with Crippen molar-refractivity contribution >= 4 is 12.0 Å². The molecule has 1 N–H and O–H groups in total. The van der Waals surface area contributed by atoms with Gasteiger partial charge in [-0.1, -0.05) is 0 Å². The molecule has 19 heavy (non-hydrogen) atoms. The van der Waals surface area contributed by atoms with E-state index in [4.69, 9.17) is 9.84 Å². The van der Waals surface area contributed by atoms with E-state index in [1.54, 1.807) is 18.0 Å². The molecular formula is C14H14N2O3. The van der Waals surface area contributed by atoms with E-state index >= 15 is 0 Å². The van der Waals surface area contributed by atoms with Gasteiger partial charge >= 0.3 is 5.97 Å². The molecule has 0 amide bonds. The quantitative estimate of drug-likeness (QED) is 0.854. The van der Waals surface area contributed by atoms with Crippen molar-refractivity contribution in [1.82, 2.24) is 9.78 Å². The van der Waals surface area contributed by atoms with Crippen molar-refractivity contribution in [2.24, 2.45) is 7.05 Å². The van der Waals surface area contributed by atoms with E-state index in [0.717, 1.165) is 28.6 Å². The van der Waals surface area contributed by atoms with Gasteiger partial charge in [0.15, 0.2) is 0 Å². The Morgan fingerprint density at radius 3 is 2.63 bits per heavy atom. The highest BCUT2D eigenvalue weighted by Gasteiger charge is 2.09. The number of rotatable bonds is 4. The van der Waals surface area contributed by atoms with E-state index in [9.17, 15) is 4.79 Å². The summed E-state index contributed by atoms with van der Waals surface area (Å²) in [4.78, 5) is 10.6. The molecule has 2 rings (SSSR count). The van der Waals surface area contributed by atoms with Gasteiger partial charge in [-0.2, -0.15) is 5.10 Å². The number of carboxylic acids is 1. The zero-order valence-electron chi connectivity index (χ0n) is 10.7. The van der Waals surface area contributed by atoms with Crippen molar-refractivity contribution in [3.8, 4) is 17.0 Å². The van der Waals surface area contributed by atoms with Crippen molar-refractivity contribution in [2.75, 3.05) is 7.11 Å². The smallest absolute Gasteiger partial charge is 0.328 e. The summed E-state index contributed by atoms with van der Waals surface area (Å²) in [5, 5.41) is 12.8. The predicted octanol–water partition coefficient (Wildman–Crippen LogP) is 2.19. The average Bonchev–Trinajstić information content (AvgIpc) is 2.78. The summed E-state index contributed by atoms with van der Waals surface area (Å²) >= 11 is 0. The van der Waals surface area contributed by atoms with Gasteiger partial charge in [0.05, 0.1) is 19.0 Å². The second kappa shape index (κ2) is 5.39. The lowest BCUT2D eigenvalue weighted by Crippen LogP contribution is -1.94. The van der Waals surface area contributed by atoms with Crippen molar-refractivity contribution in [3.63, 3.8) is 0 Å². The van der Waals surface area contributed by atoms with E-state index in [1.807, 2.05) is 31.3 Å². The van der Waals surface area contributed by atoms with Crippen molar-refractivity contribution in [3.05, 3.63) is 42.1 Å². The van der Waals surface area contributed by atoms with E-state index in [1.165, 1.54) is 6.08 Å². The number of carbonyl (C=O) groups is 1. The van der Waals surface area contributed by atoms with Crippen molar-refractivity contribution < 1.29 is 14.6 Å². The van der Waals surface area contributed by atoms with Gasteiger partial charge in [0.1, 0.15) is 5.75 Å². The van der Waals surface area contributed by atoms with Crippen LogP contribution in [-0.4, -0.2) is 28.0 Å². The fourth-order valence-electron chi connectivity index (χ4n) is 1.84. The number of nitrogens with zero attached hydrogens (tertiary/aromatic N) is 2. The number of aryl methyl sites for hydroxylation is 1. The topological polar surface area (TPSA) is 64.3 Å². The summed E-state index contributed by atoms with van der Waals surface area (Å²) in [6.07, 6.45) is 4.28. The summed E-state index contributed by atoms with van der Waals surface area (Å²) in [5.41, 5.74) is 2.57. The summed E-state index contributed by atoms with van der Waals surface area (Å²) in [6, 6.07) is 7.53. The van der Waals surface area contributed by atoms with Gasteiger partial charge in [-0.05, 0) is 30.3 Å². The van der Waals surface area contributed by atoms with Crippen LogP contribution < -0.4 is 4.74 Å². The van der Waals surface area contributed by atoms with Crippen LogP contribution in [0.2, 0.25) is 0 Å². The lowest BCUT2D eigenvalue weighted by Gasteiger charge is -2.05. The molecule has 5 heteroatoms. The van der Waals surface area contributed by atoms with E-state index in [2.05, 4.69) is 5.10 Å². The zero-order valence-corrected chi connectivity index (χ0v) is 10.7. The second-order valence-electron chi connectivity index (χ2n) is 3.97. The number of hydrogen-bond donors (Lipinski definition) is 1. The molecule has 1 aromatic heterocycles. The molecule has 0 spiro atoms. The Bertz CT molecular complexity index is 612. The highest BCUT2D eigenvalue weighted by molar-refractivity contribution is 5.87. The SMILES string of the molecule is COc1ccc(-c2c(/C=C\C(=O)O)cnn2C)cc1. The van der Waals surface area contributed by atoms with E-state index < -0.39 is 5.97 Å². The molecule has 0 aliphatic heterocycles. The van der Waals surface area contributed by atoms with Gasteiger partial charge < -0.3 is 9.84 Å². The summed E-state index contributed by atoms with van der Waals surface area (Å²) in [6.45, 7) is 0. The molecule has 1 heterocycles. The lowest BCUT2D eigenvalue weighted by molar-refractivity contribution is -0.131. The molecule has 0 fully saturated rings. The van der Waals surface area contributed by atoms with Crippen LogP contribution in [0.1, 0.15) is 5.56 Å². The van der Waals surface area contributed by atoms with Crippen LogP contribution in [0.4, 0.5) is 0 Å². The van der Waals surface area contributed by atoms with Gasteiger partial charge in [-0.3, -0.25) is 4.68 Å². The first-order valence-electron chi connectivity index (χ1n) is 5.69. The highest BCUT2D eigenvalue weighted by atomic mass is 16.5. The van der Waals surface area contributed by atoms with E-state index in [0.29, 0.717) is 0 Å². The number of methoxy groups -OCH3 is 1. The minimum atomic E-state index is -0.982. The Morgan fingerprint density at radius 2 is 2.05 bits per heavy atom. The molecule has 0 bridgehead atoms. The largest absolute Gasteiger partial charge is 0.497 e. The Labute approximate surface area is 110 Å². The molecule has 5 nitrogen and oxygen atoms in total. The molecule has 1 aromatic carbocycles. The molecular weight excluding hydrogens is 244 g/mol. The van der Waals surface area contributed by atoms with Gasteiger partial charge in [0, 0.05) is 24.3 Å². The number of benzene rings is 1. The van der Waals surface area contributed by atoms with Crippen LogP contribution in [0, 0.1) is 0 Å². The maximum atomic E-state index is 10.6. The molecule has 0 saturated heterocycles. The van der Waals surface area contributed by atoms with E-state index in [-0.39, 0.29) is 0 Å². The number of aliphatic carboxylic acids is 1. The third-order valence-corrected chi connectivity index (χ3v) is 2.74. The predicted molar refractivity (Wildman–Crippen MR) is 71.9 cm³/mol. The Balaban J connectivity index is 2.42. The average molecular weight is 258 g/mol. The van der Waals surface area contributed by atoms with Crippen molar-refractivity contribution in [2.45, 2.75) is 0 Å².